The standard InChI is InChI=1S/C10H23NO4P/c1-4-13-10(14-5-2,8-7-9-11)15-16(12)6-3/h4-9,11H2,1-3H3/q+1. The van der Waals surface area contributed by atoms with Gasteiger partial charge in [-0.25, -0.2) is 0 Å². The highest BCUT2D eigenvalue weighted by Crippen LogP contribution is 2.34. The quantitative estimate of drug-likeness (QED) is 0.477. The largest absolute Gasteiger partial charge is 0.513 e. The second-order valence-electron chi connectivity index (χ2n) is 3.18. The van der Waals surface area contributed by atoms with E-state index in [9.17, 15) is 4.57 Å². The van der Waals surface area contributed by atoms with Gasteiger partial charge < -0.3 is 15.2 Å². The van der Waals surface area contributed by atoms with Crippen molar-refractivity contribution in [2.24, 2.45) is 5.73 Å². The molecule has 0 aliphatic heterocycles. The molecule has 0 saturated carbocycles. The fraction of sp³-hybridized carbons (Fsp3) is 1.00. The molecule has 2 N–H and O–H groups in total. The Bertz CT molecular complexity index is 195. The summed E-state index contributed by atoms with van der Waals surface area (Å²) in [5, 5.41) is 0. The van der Waals surface area contributed by atoms with Gasteiger partial charge in [0.05, 0.1) is 0 Å². The Morgan fingerprint density at radius 2 is 1.75 bits per heavy atom. The second-order valence-corrected chi connectivity index (χ2v) is 4.66. The molecule has 0 saturated heterocycles. The fourth-order valence-electron chi connectivity index (χ4n) is 1.26. The molecule has 0 aromatic heterocycles. The van der Waals surface area contributed by atoms with Gasteiger partial charge in [0.25, 0.3) is 0 Å². The molecule has 0 amide bonds. The molecule has 1 unspecified atom stereocenters. The topological polar surface area (TPSA) is 70.8 Å². The summed E-state index contributed by atoms with van der Waals surface area (Å²) < 4.78 is 27.8. The number of hydrogen-bond acceptors (Lipinski definition) is 5. The zero-order valence-corrected chi connectivity index (χ0v) is 11.3. The van der Waals surface area contributed by atoms with Crippen LogP contribution in [0.5, 0.6) is 0 Å². The third-order valence-corrected chi connectivity index (χ3v) is 2.91. The molecule has 0 aromatic rings. The van der Waals surface area contributed by atoms with E-state index in [1.54, 1.807) is 6.92 Å². The van der Waals surface area contributed by atoms with Crippen molar-refractivity contribution in [3.8, 4) is 0 Å². The normalized spacial score (nSPS) is 12.9. The van der Waals surface area contributed by atoms with Gasteiger partial charge in [0.15, 0.2) is 6.16 Å². The Kier molecular flexibility index (Phi) is 8.99. The zero-order chi connectivity index (χ0) is 12.4. The molecule has 16 heavy (non-hydrogen) atoms. The second kappa shape index (κ2) is 9.02. The van der Waals surface area contributed by atoms with Crippen molar-refractivity contribution in [1.29, 1.82) is 0 Å². The van der Waals surface area contributed by atoms with Crippen molar-refractivity contribution in [1.82, 2.24) is 0 Å². The van der Waals surface area contributed by atoms with Crippen LogP contribution < -0.4 is 5.73 Å². The molecule has 5 nitrogen and oxygen atoms in total. The SMILES string of the molecule is CCOC(CCCN)(OCC)O[P+](=O)CC. The molecule has 0 rings (SSSR count). The van der Waals surface area contributed by atoms with Crippen LogP contribution in [0.3, 0.4) is 0 Å². The van der Waals surface area contributed by atoms with Crippen molar-refractivity contribution in [3.05, 3.63) is 0 Å². The maximum absolute atomic E-state index is 11.5. The summed E-state index contributed by atoms with van der Waals surface area (Å²) in [6, 6.07) is 0. The van der Waals surface area contributed by atoms with Crippen LogP contribution in [0.1, 0.15) is 33.6 Å². The molecule has 6 heteroatoms. The summed E-state index contributed by atoms with van der Waals surface area (Å²) in [6.45, 7) is 6.89. The number of ether oxygens (including phenoxy) is 2. The Hall–Kier alpha value is -0.0600. The van der Waals surface area contributed by atoms with Gasteiger partial charge in [-0.15, -0.1) is 0 Å². The highest BCUT2D eigenvalue weighted by molar-refractivity contribution is 7.39. The number of hydrogen-bond donors (Lipinski definition) is 1. The lowest BCUT2D eigenvalue weighted by molar-refractivity contribution is -0.342. The van der Waals surface area contributed by atoms with E-state index in [1.807, 2.05) is 13.8 Å². The Morgan fingerprint density at radius 1 is 1.19 bits per heavy atom. The lowest BCUT2D eigenvalue weighted by atomic mass is 10.2. The van der Waals surface area contributed by atoms with Crippen molar-refractivity contribution in [2.45, 2.75) is 39.6 Å². The summed E-state index contributed by atoms with van der Waals surface area (Å²) in [4.78, 5) is 0. The predicted molar refractivity (Wildman–Crippen MR) is 63.5 cm³/mol. The molecule has 0 aliphatic carbocycles. The van der Waals surface area contributed by atoms with Gasteiger partial charge in [-0.1, -0.05) is 4.52 Å². The van der Waals surface area contributed by atoms with Gasteiger partial charge >= 0.3 is 14.0 Å². The Morgan fingerprint density at radius 3 is 2.12 bits per heavy atom. The zero-order valence-electron chi connectivity index (χ0n) is 10.4. The van der Waals surface area contributed by atoms with Gasteiger partial charge in [-0.3, -0.25) is 0 Å². The van der Waals surface area contributed by atoms with Crippen LogP contribution in [0.2, 0.25) is 0 Å². The van der Waals surface area contributed by atoms with Gasteiger partial charge in [-0.2, -0.15) is 0 Å². The van der Waals surface area contributed by atoms with E-state index >= 15 is 0 Å². The first-order valence-corrected chi connectivity index (χ1v) is 7.12. The molecule has 0 aliphatic rings. The minimum Gasteiger partial charge on any atom is -0.330 e. The Labute approximate surface area is 98.5 Å². The fourth-order valence-corrected chi connectivity index (χ4v) is 1.90. The van der Waals surface area contributed by atoms with Crippen LogP contribution in [0.25, 0.3) is 0 Å². The smallest absolute Gasteiger partial charge is 0.330 e. The van der Waals surface area contributed by atoms with Crippen LogP contribution in [-0.2, 0) is 18.6 Å². The Balaban J connectivity index is 4.55. The lowest BCUT2D eigenvalue weighted by Gasteiger charge is -2.27. The minimum absolute atomic E-state index is 0.442. The molecular weight excluding hydrogens is 229 g/mol. The molecule has 0 spiro atoms. The summed E-state index contributed by atoms with van der Waals surface area (Å²) in [7, 11) is -1.75. The first kappa shape index (κ1) is 15.9. The molecule has 0 aromatic carbocycles. The average Bonchev–Trinajstić information content (AvgIpc) is 2.27. The molecule has 96 valence electrons. The highest BCUT2D eigenvalue weighted by Gasteiger charge is 2.41. The van der Waals surface area contributed by atoms with Crippen LogP contribution in [0.15, 0.2) is 0 Å². The molecule has 0 bridgehead atoms. The first-order chi connectivity index (χ1) is 7.64. The first-order valence-electron chi connectivity index (χ1n) is 5.75. The maximum atomic E-state index is 11.5. The average molecular weight is 252 g/mol. The highest BCUT2D eigenvalue weighted by atomic mass is 31.1. The molecule has 1 atom stereocenters. The van der Waals surface area contributed by atoms with Crippen LogP contribution in [-0.4, -0.2) is 31.9 Å². The van der Waals surface area contributed by atoms with E-state index in [-0.39, 0.29) is 0 Å². The monoisotopic (exact) mass is 252 g/mol. The molecular formula is C10H23NO4P+. The van der Waals surface area contributed by atoms with E-state index in [4.69, 9.17) is 19.7 Å². The van der Waals surface area contributed by atoms with E-state index in [0.717, 1.165) is 0 Å². The third-order valence-electron chi connectivity index (χ3n) is 1.91. The van der Waals surface area contributed by atoms with Crippen molar-refractivity contribution in [3.63, 3.8) is 0 Å². The van der Waals surface area contributed by atoms with Gasteiger partial charge in [0, 0.05) is 19.6 Å². The molecule has 0 heterocycles. The summed E-state index contributed by atoms with van der Waals surface area (Å²) >= 11 is 0. The minimum atomic E-state index is -1.75. The lowest BCUT2D eigenvalue weighted by Crippen LogP contribution is -2.38. The van der Waals surface area contributed by atoms with E-state index in [1.165, 1.54) is 0 Å². The molecule has 0 radical (unpaired) electrons. The van der Waals surface area contributed by atoms with Gasteiger partial charge in [-0.05, 0) is 38.3 Å². The number of nitrogens with two attached hydrogens (primary N) is 1. The molecule has 0 fully saturated rings. The van der Waals surface area contributed by atoms with E-state index in [0.29, 0.717) is 38.8 Å². The van der Waals surface area contributed by atoms with E-state index in [2.05, 4.69) is 0 Å². The van der Waals surface area contributed by atoms with Crippen molar-refractivity contribution in [2.75, 3.05) is 25.9 Å². The maximum Gasteiger partial charge on any atom is 0.513 e. The van der Waals surface area contributed by atoms with E-state index < -0.39 is 14.0 Å². The third kappa shape index (κ3) is 5.87. The van der Waals surface area contributed by atoms with Crippen LogP contribution >= 0.6 is 8.03 Å². The van der Waals surface area contributed by atoms with Crippen LogP contribution in [0.4, 0.5) is 0 Å². The summed E-state index contributed by atoms with van der Waals surface area (Å²) in [6.07, 6.45) is 1.64. The summed E-state index contributed by atoms with van der Waals surface area (Å²) in [5.74, 6) is -1.19. The van der Waals surface area contributed by atoms with Crippen molar-refractivity contribution < 1.29 is 18.6 Å². The van der Waals surface area contributed by atoms with Crippen LogP contribution in [0, 0.1) is 0 Å². The van der Waals surface area contributed by atoms with Gasteiger partial charge in [0.2, 0.25) is 0 Å². The summed E-state index contributed by atoms with van der Waals surface area (Å²) in [5.41, 5.74) is 5.45. The predicted octanol–water partition coefficient (Wildman–Crippen LogP) is 2.23. The van der Waals surface area contributed by atoms with Crippen molar-refractivity contribution >= 4 is 8.03 Å². The van der Waals surface area contributed by atoms with Gasteiger partial charge in [0.1, 0.15) is 0 Å². The number of rotatable bonds is 10.